The maximum absolute atomic E-state index is 2.81. The molecule has 0 bridgehead atoms. The largest absolute Gasteiger partial charge is 0.0654 e. The van der Waals surface area contributed by atoms with E-state index in [1.54, 1.807) is 31.4 Å². The SMILES string of the molecule is CCCCCCCCCCCCc1c(/C=C/c2ccccc2)c(I)c(CCCCCCCC)c(CCCCCCCC)c1CCCCCCCC. The minimum Gasteiger partial charge on any atom is -0.0654 e. The molecule has 2 aromatic carbocycles. The fraction of sp³-hybridized carbons (Fsp3) is 0.720. The van der Waals surface area contributed by atoms with E-state index in [0.29, 0.717) is 0 Å². The van der Waals surface area contributed by atoms with Gasteiger partial charge in [-0.2, -0.15) is 0 Å². The van der Waals surface area contributed by atoms with E-state index in [1.165, 1.54) is 211 Å². The van der Waals surface area contributed by atoms with Gasteiger partial charge in [-0.15, -0.1) is 0 Å². The van der Waals surface area contributed by atoms with Gasteiger partial charge < -0.3 is 0 Å². The molecule has 51 heavy (non-hydrogen) atoms. The van der Waals surface area contributed by atoms with Crippen LogP contribution < -0.4 is 0 Å². The van der Waals surface area contributed by atoms with E-state index in [2.05, 4.69) is 92.8 Å². The lowest BCUT2D eigenvalue weighted by Crippen LogP contribution is -2.12. The average molecular weight is 811 g/mol. The zero-order chi connectivity index (χ0) is 36.6. The fourth-order valence-electron chi connectivity index (χ4n) is 8.06. The van der Waals surface area contributed by atoms with E-state index in [4.69, 9.17) is 0 Å². The molecule has 0 spiro atoms. The predicted octanol–water partition coefficient (Wildman–Crippen LogP) is 17.6. The summed E-state index contributed by atoms with van der Waals surface area (Å²) in [6.07, 6.45) is 49.0. The maximum atomic E-state index is 2.81. The van der Waals surface area contributed by atoms with Crippen LogP contribution in [0.25, 0.3) is 12.2 Å². The molecule has 0 N–H and O–H groups in total. The van der Waals surface area contributed by atoms with Crippen molar-refractivity contribution in [3.63, 3.8) is 0 Å². The fourth-order valence-corrected chi connectivity index (χ4v) is 9.16. The van der Waals surface area contributed by atoms with Crippen molar-refractivity contribution in [3.05, 3.63) is 67.3 Å². The first-order valence-corrected chi connectivity index (χ1v) is 23.8. The van der Waals surface area contributed by atoms with Gasteiger partial charge in [-0.25, -0.2) is 0 Å². The summed E-state index contributed by atoms with van der Waals surface area (Å²) in [7, 11) is 0. The Labute approximate surface area is 333 Å². The lowest BCUT2D eigenvalue weighted by molar-refractivity contribution is 0.555. The van der Waals surface area contributed by atoms with E-state index >= 15 is 0 Å². The molecule has 0 radical (unpaired) electrons. The van der Waals surface area contributed by atoms with Crippen molar-refractivity contribution in [1.29, 1.82) is 0 Å². The van der Waals surface area contributed by atoms with Crippen LogP contribution in [0.15, 0.2) is 30.3 Å². The van der Waals surface area contributed by atoms with Crippen LogP contribution in [0.1, 0.15) is 241 Å². The summed E-state index contributed by atoms with van der Waals surface area (Å²) >= 11 is 2.81. The molecule has 0 unspecified atom stereocenters. The Bertz CT molecular complexity index is 1110. The standard InChI is InChI=1S/C50H83I/c1-5-9-13-17-21-22-23-24-28-34-40-47-45(38-32-25-18-14-10-6-2)46(39-33-26-19-15-11-7-3)48(41-35-27-20-16-12-8-4)50(51)49(47)43-42-44-36-30-29-31-37-44/h29-31,36-37,42-43H,5-28,32-35,38-41H2,1-4H3/b43-42+. The molecular weight excluding hydrogens is 727 g/mol. The first-order valence-electron chi connectivity index (χ1n) is 22.8. The van der Waals surface area contributed by atoms with Crippen LogP contribution in [0.4, 0.5) is 0 Å². The van der Waals surface area contributed by atoms with Crippen molar-refractivity contribution < 1.29 is 0 Å². The third kappa shape index (κ3) is 20.8. The summed E-state index contributed by atoms with van der Waals surface area (Å²) in [5, 5.41) is 0. The van der Waals surface area contributed by atoms with Crippen molar-refractivity contribution in [2.24, 2.45) is 0 Å². The van der Waals surface area contributed by atoms with Crippen molar-refractivity contribution in [1.82, 2.24) is 0 Å². The van der Waals surface area contributed by atoms with Crippen molar-refractivity contribution in [2.75, 3.05) is 0 Å². The molecule has 0 atom stereocenters. The zero-order valence-corrected chi connectivity index (χ0v) is 36.7. The van der Waals surface area contributed by atoms with Crippen LogP contribution in [0.5, 0.6) is 0 Å². The van der Waals surface area contributed by atoms with Crippen molar-refractivity contribution in [3.8, 4) is 0 Å². The molecule has 0 amide bonds. The lowest BCUT2D eigenvalue weighted by atomic mass is 9.82. The van der Waals surface area contributed by atoms with Gasteiger partial charge in [0.2, 0.25) is 0 Å². The third-order valence-electron chi connectivity index (χ3n) is 11.3. The summed E-state index contributed by atoms with van der Waals surface area (Å²) in [4.78, 5) is 0. The number of hydrogen-bond acceptors (Lipinski definition) is 0. The van der Waals surface area contributed by atoms with Crippen LogP contribution in [0.2, 0.25) is 0 Å². The van der Waals surface area contributed by atoms with Gasteiger partial charge in [0.15, 0.2) is 0 Å². The highest BCUT2D eigenvalue weighted by atomic mass is 127. The molecule has 0 nitrogen and oxygen atoms in total. The van der Waals surface area contributed by atoms with Gasteiger partial charge in [0.05, 0.1) is 0 Å². The third-order valence-corrected chi connectivity index (χ3v) is 12.5. The zero-order valence-electron chi connectivity index (χ0n) is 34.5. The molecule has 0 heterocycles. The molecule has 0 aromatic heterocycles. The van der Waals surface area contributed by atoms with Gasteiger partial charge in [0.25, 0.3) is 0 Å². The first-order chi connectivity index (χ1) is 25.2. The monoisotopic (exact) mass is 811 g/mol. The highest BCUT2D eigenvalue weighted by Gasteiger charge is 2.21. The minimum atomic E-state index is 1.26. The second-order valence-electron chi connectivity index (χ2n) is 15.9. The number of rotatable bonds is 34. The quantitative estimate of drug-likeness (QED) is 0.0375. The summed E-state index contributed by atoms with van der Waals surface area (Å²) < 4.78 is 1.59. The molecular formula is C50H83I. The van der Waals surface area contributed by atoms with Gasteiger partial charge >= 0.3 is 0 Å². The topological polar surface area (TPSA) is 0 Å². The van der Waals surface area contributed by atoms with Gasteiger partial charge in [0, 0.05) is 3.57 Å². The van der Waals surface area contributed by atoms with Crippen LogP contribution in [-0.2, 0) is 25.7 Å². The Balaban J connectivity index is 2.44. The van der Waals surface area contributed by atoms with E-state index in [1.807, 2.05) is 0 Å². The maximum Gasteiger partial charge on any atom is 0.0240 e. The Kier molecular flexibility index (Phi) is 29.2. The van der Waals surface area contributed by atoms with Crippen LogP contribution in [-0.4, -0.2) is 0 Å². The Hall–Kier alpha value is -1.09. The average Bonchev–Trinajstić information content (AvgIpc) is 3.15. The molecule has 0 aliphatic rings. The molecule has 0 aliphatic heterocycles. The minimum absolute atomic E-state index is 1.26. The first kappa shape index (κ1) is 46.1. The molecule has 0 saturated carbocycles. The van der Waals surface area contributed by atoms with Crippen molar-refractivity contribution in [2.45, 2.75) is 233 Å². The lowest BCUT2D eigenvalue weighted by Gasteiger charge is -2.25. The van der Waals surface area contributed by atoms with E-state index in [-0.39, 0.29) is 0 Å². The van der Waals surface area contributed by atoms with Crippen LogP contribution in [0.3, 0.4) is 0 Å². The molecule has 0 aliphatic carbocycles. The van der Waals surface area contributed by atoms with Gasteiger partial charge in [-0.3, -0.25) is 0 Å². The number of benzene rings is 2. The Morgan fingerprint density at radius 1 is 0.353 bits per heavy atom. The van der Waals surface area contributed by atoms with E-state index < -0.39 is 0 Å². The molecule has 290 valence electrons. The Morgan fingerprint density at radius 3 is 1.06 bits per heavy atom. The van der Waals surface area contributed by atoms with Gasteiger partial charge in [0.1, 0.15) is 0 Å². The number of hydrogen-bond donors (Lipinski definition) is 0. The second kappa shape index (κ2) is 32.3. The summed E-state index contributed by atoms with van der Waals surface area (Å²) in [5.74, 6) is 0. The number of halogens is 1. The highest BCUT2D eigenvalue weighted by Crippen LogP contribution is 2.36. The summed E-state index contributed by atoms with van der Waals surface area (Å²) in [6.45, 7) is 9.35. The Morgan fingerprint density at radius 2 is 0.667 bits per heavy atom. The van der Waals surface area contributed by atoms with E-state index in [0.717, 1.165) is 0 Å². The molecule has 0 saturated heterocycles. The summed E-state index contributed by atoms with van der Waals surface area (Å²) in [5.41, 5.74) is 9.96. The van der Waals surface area contributed by atoms with Gasteiger partial charge in [-0.05, 0) is 107 Å². The predicted molar refractivity (Wildman–Crippen MR) is 241 cm³/mol. The van der Waals surface area contributed by atoms with Gasteiger partial charge in [-0.1, -0.05) is 224 Å². The summed E-state index contributed by atoms with van der Waals surface area (Å²) in [6, 6.07) is 11.1. The normalized spacial score (nSPS) is 11.7. The van der Waals surface area contributed by atoms with Crippen LogP contribution in [0, 0.1) is 3.57 Å². The molecule has 0 fully saturated rings. The smallest absolute Gasteiger partial charge is 0.0240 e. The van der Waals surface area contributed by atoms with Crippen LogP contribution >= 0.6 is 22.6 Å². The highest BCUT2D eigenvalue weighted by molar-refractivity contribution is 14.1. The molecule has 1 heteroatoms. The van der Waals surface area contributed by atoms with E-state index in [9.17, 15) is 0 Å². The second-order valence-corrected chi connectivity index (χ2v) is 16.9. The van der Waals surface area contributed by atoms with Crippen molar-refractivity contribution >= 4 is 34.7 Å². The number of unbranched alkanes of at least 4 members (excludes halogenated alkanes) is 24. The molecule has 2 rings (SSSR count). The molecule has 2 aromatic rings.